The molecule has 0 bridgehead atoms. The van der Waals surface area contributed by atoms with E-state index in [1.54, 1.807) is 0 Å². The fourth-order valence-corrected chi connectivity index (χ4v) is 1.89. The summed E-state index contributed by atoms with van der Waals surface area (Å²) in [5.74, 6) is 0. The summed E-state index contributed by atoms with van der Waals surface area (Å²) in [5.41, 5.74) is 0. The van der Waals surface area contributed by atoms with Crippen molar-refractivity contribution in [2.45, 2.75) is 49.4 Å². The van der Waals surface area contributed by atoms with Gasteiger partial charge in [-0.2, -0.15) is 0 Å². The zero-order valence-corrected chi connectivity index (χ0v) is 10.8. The van der Waals surface area contributed by atoms with Crippen molar-refractivity contribution < 1.29 is 0 Å². The lowest BCUT2D eigenvalue weighted by atomic mass is 10.1. The Bertz CT molecular complexity index is 76.5. The van der Waals surface area contributed by atoms with Crippen molar-refractivity contribution in [1.82, 2.24) is 0 Å². The van der Waals surface area contributed by atoms with E-state index < -0.39 is 0 Å². The van der Waals surface area contributed by atoms with E-state index in [9.17, 15) is 0 Å². The van der Waals surface area contributed by atoms with Gasteiger partial charge in [-0.15, -0.1) is 23.2 Å². The van der Waals surface area contributed by atoms with Crippen molar-refractivity contribution in [3.8, 4) is 0 Å². The Balaban J connectivity index is 2.80. The van der Waals surface area contributed by atoms with Gasteiger partial charge in [-0.3, -0.25) is 0 Å². The van der Waals surface area contributed by atoms with Crippen LogP contribution in [0.4, 0.5) is 0 Å². The summed E-state index contributed by atoms with van der Waals surface area (Å²) in [7, 11) is 1.36. The van der Waals surface area contributed by atoms with E-state index in [1.807, 2.05) is 0 Å². The Morgan fingerprint density at radius 1 is 0.909 bits per heavy atom. The van der Waals surface area contributed by atoms with Crippen molar-refractivity contribution in [2.24, 2.45) is 0 Å². The molecule has 0 saturated heterocycles. The molecule has 0 aromatic rings. The minimum absolute atomic E-state index is 0.145. The smallest absolute Gasteiger partial charge is 0.105 e. The van der Waals surface area contributed by atoms with Gasteiger partial charge in [-0.05, 0) is 6.42 Å². The van der Waals surface area contributed by atoms with Crippen LogP contribution in [0, 0.1) is 0 Å². The Morgan fingerprint density at radius 3 is 2.00 bits per heavy atom. The summed E-state index contributed by atoms with van der Waals surface area (Å²) in [4.78, 5) is -0.145. The predicted molar refractivity (Wildman–Crippen MR) is 57.9 cm³/mol. The third-order valence-electron chi connectivity index (χ3n) is 1.78. The topological polar surface area (TPSA) is 0 Å². The molecule has 0 N–H and O–H groups in total. The first-order chi connectivity index (χ1) is 5.27. The van der Waals surface area contributed by atoms with Gasteiger partial charge in [0, 0.05) is 10.2 Å². The molecule has 11 heavy (non-hydrogen) atoms. The molecular weight excluding hydrogens is 195 g/mol. The number of rotatable bonds is 7. The molecule has 0 radical (unpaired) electrons. The second-order valence-corrected chi connectivity index (χ2v) is 5.22. The molecule has 0 rings (SSSR count). The monoisotopic (exact) mass is 212 g/mol. The zero-order chi connectivity index (χ0) is 8.53. The molecule has 0 fully saturated rings. The summed E-state index contributed by atoms with van der Waals surface area (Å²) >= 11 is 11.2. The van der Waals surface area contributed by atoms with Crippen LogP contribution in [0.15, 0.2) is 0 Å². The molecule has 0 aliphatic rings. The van der Waals surface area contributed by atoms with E-state index in [0.29, 0.717) is 0 Å². The van der Waals surface area contributed by atoms with Crippen LogP contribution in [-0.4, -0.2) is 15.1 Å². The molecule has 0 amide bonds. The highest BCUT2D eigenvalue weighted by Crippen LogP contribution is 2.13. The van der Waals surface area contributed by atoms with Crippen molar-refractivity contribution in [1.29, 1.82) is 0 Å². The second kappa shape index (κ2) is 8.89. The quantitative estimate of drug-likeness (QED) is 0.346. The van der Waals surface area contributed by atoms with Gasteiger partial charge >= 0.3 is 0 Å². The van der Waals surface area contributed by atoms with Gasteiger partial charge in [-0.1, -0.05) is 38.1 Å². The van der Waals surface area contributed by atoms with Crippen molar-refractivity contribution in [3.05, 3.63) is 0 Å². The first-order valence-corrected chi connectivity index (χ1v) is 6.84. The molecule has 0 aliphatic carbocycles. The molecule has 0 aromatic heterocycles. The molecule has 0 spiro atoms. The van der Waals surface area contributed by atoms with Gasteiger partial charge in [0.05, 0.1) is 0 Å². The van der Waals surface area contributed by atoms with E-state index in [1.165, 1.54) is 48.4 Å². The lowest BCUT2D eigenvalue weighted by Gasteiger charge is -2.00. The third kappa shape index (κ3) is 10.8. The molecule has 0 heterocycles. The van der Waals surface area contributed by atoms with Gasteiger partial charge in [0.2, 0.25) is 0 Å². The van der Waals surface area contributed by atoms with Crippen LogP contribution in [0.5, 0.6) is 0 Å². The maximum Gasteiger partial charge on any atom is 0.107 e. The molecule has 0 aliphatic heterocycles. The normalized spacial score (nSPS) is 11.2. The average Bonchev–Trinajstić information content (AvgIpc) is 1.96. The molecule has 0 unspecified atom stereocenters. The van der Waals surface area contributed by atoms with Crippen molar-refractivity contribution in [3.63, 3.8) is 0 Å². The summed E-state index contributed by atoms with van der Waals surface area (Å²) in [6.07, 6.45) is 7.65. The van der Waals surface area contributed by atoms with Crippen LogP contribution in [0.25, 0.3) is 0 Å². The SMILES string of the molecule is [SiH3]CCCCCCCC(Cl)Cl. The molecule has 0 aromatic carbocycles. The standard InChI is InChI=1S/C8H18Cl2Si/c9-8(10)6-4-2-1-3-5-7-11/h8H,1-7H2,11H3. The molecule has 0 atom stereocenters. The highest BCUT2D eigenvalue weighted by Gasteiger charge is 1.97. The highest BCUT2D eigenvalue weighted by molar-refractivity contribution is 6.44. The molecule has 0 nitrogen and oxygen atoms in total. The van der Waals surface area contributed by atoms with Crippen molar-refractivity contribution >= 4 is 33.4 Å². The van der Waals surface area contributed by atoms with Crippen LogP contribution in [-0.2, 0) is 0 Å². The number of alkyl halides is 2. The fourth-order valence-electron chi connectivity index (χ4n) is 1.08. The Morgan fingerprint density at radius 2 is 1.45 bits per heavy atom. The highest BCUT2D eigenvalue weighted by atomic mass is 35.5. The van der Waals surface area contributed by atoms with Crippen LogP contribution in [0.3, 0.4) is 0 Å². The number of unbranched alkanes of at least 4 members (excludes halogenated alkanes) is 4. The zero-order valence-electron chi connectivity index (χ0n) is 7.28. The Hall–Kier alpha value is 0.797. The lowest BCUT2D eigenvalue weighted by Crippen LogP contribution is -1.86. The second-order valence-electron chi connectivity index (χ2n) is 2.95. The number of hydrogen-bond acceptors (Lipinski definition) is 0. The fraction of sp³-hybridized carbons (Fsp3) is 1.00. The van der Waals surface area contributed by atoms with Crippen LogP contribution >= 0.6 is 23.2 Å². The van der Waals surface area contributed by atoms with Gasteiger partial charge in [-0.25, -0.2) is 0 Å². The molecule has 0 saturated carbocycles. The largest absolute Gasteiger partial charge is 0.107 e. The number of halogens is 2. The van der Waals surface area contributed by atoms with Gasteiger partial charge in [0.15, 0.2) is 0 Å². The molecular formula is C8H18Cl2Si. The first kappa shape index (κ1) is 11.8. The van der Waals surface area contributed by atoms with Gasteiger partial charge in [0.25, 0.3) is 0 Å². The average molecular weight is 213 g/mol. The summed E-state index contributed by atoms with van der Waals surface area (Å²) in [5, 5.41) is 0. The maximum atomic E-state index is 5.59. The van der Waals surface area contributed by atoms with Crippen LogP contribution in [0.1, 0.15) is 38.5 Å². The van der Waals surface area contributed by atoms with Crippen LogP contribution in [0.2, 0.25) is 6.04 Å². The van der Waals surface area contributed by atoms with E-state index in [4.69, 9.17) is 23.2 Å². The van der Waals surface area contributed by atoms with E-state index >= 15 is 0 Å². The summed E-state index contributed by atoms with van der Waals surface area (Å²) in [6, 6.07) is 1.45. The molecule has 68 valence electrons. The lowest BCUT2D eigenvalue weighted by molar-refractivity contribution is 0.620. The Labute approximate surface area is 83.1 Å². The molecule has 3 heteroatoms. The van der Waals surface area contributed by atoms with Gasteiger partial charge < -0.3 is 0 Å². The van der Waals surface area contributed by atoms with E-state index in [2.05, 4.69) is 0 Å². The summed E-state index contributed by atoms with van der Waals surface area (Å²) < 4.78 is 0. The third-order valence-corrected chi connectivity index (χ3v) is 2.92. The number of hydrogen-bond donors (Lipinski definition) is 0. The first-order valence-electron chi connectivity index (χ1n) is 4.55. The Kier molecular flexibility index (Phi) is 9.53. The minimum Gasteiger partial charge on any atom is -0.105 e. The predicted octanol–water partition coefficient (Wildman–Crippen LogP) is 2.91. The van der Waals surface area contributed by atoms with E-state index in [-0.39, 0.29) is 4.84 Å². The van der Waals surface area contributed by atoms with Crippen molar-refractivity contribution in [2.75, 3.05) is 0 Å². The van der Waals surface area contributed by atoms with Crippen LogP contribution < -0.4 is 0 Å². The maximum absolute atomic E-state index is 5.59. The van der Waals surface area contributed by atoms with Gasteiger partial charge in [0.1, 0.15) is 4.84 Å². The summed E-state index contributed by atoms with van der Waals surface area (Å²) in [6.45, 7) is 0. The minimum atomic E-state index is -0.145. The van der Waals surface area contributed by atoms with E-state index in [0.717, 1.165) is 6.42 Å².